The number of nitrogens with two attached hydrogens (primary N) is 1. The van der Waals surface area contributed by atoms with Crippen LogP contribution >= 0.6 is 0 Å². The molecule has 4 nitrogen and oxygen atoms in total. The van der Waals surface area contributed by atoms with Gasteiger partial charge in [0.2, 0.25) is 0 Å². The van der Waals surface area contributed by atoms with Gasteiger partial charge in [0.15, 0.2) is 0 Å². The van der Waals surface area contributed by atoms with Gasteiger partial charge in [0.25, 0.3) is 5.91 Å². The second-order valence-corrected chi connectivity index (χ2v) is 5.98. The van der Waals surface area contributed by atoms with Crippen molar-refractivity contribution in [2.24, 2.45) is 0 Å². The second-order valence-electron chi connectivity index (χ2n) is 5.98. The molecule has 0 aliphatic heterocycles. The van der Waals surface area contributed by atoms with Crippen LogP contribution in [0.4, 0.5) is 10.1 Å². The fourth-order valence-corrected chi connectivity index (χ4v) is 2.82. The Morgan fingerprint density at radius 3 is 2.52 bits per heavy atom. The molecule has 2 rings (SSSR count). The third kappa shape index (κ3) is 3.94. The van der Waals surface area contributed by atoms with Gasteiger partial charge in [-0.2, -0.15) is 0 Å². The Balaban J connectivity index is 2.17. The van der Waals surface area contributed by atoms with Crippen molar-refractivity contribution < 1.29 is 9.18 Å². The van der Waals surface area contributed by atoms with Crippen LogP contribution in [0.25, 0.3) is 0 Å². The third-order valence-electron chi connectivity index (χ3n) is 4.06. The van der Waals surface area contributed by atoms with Crippen LogP contribution in [0.3, 0.4) is 0 Å². The number of hydrogen-bond donors (Lipinski definition) is 1. The number of rotatable bonds is 5. The largest absolute Gasteiger partial charge is 0.396 e. The van der Waals surface area contributed by atoms with Gasteiger partial charge >= 0.3 is 0 Å². The normalized spacial score (nSPS) is 15.6. The summed E-state index contributed by atoms with van der Waals surface area (Å²) in [4.78, 5) is 16.7. The molecule has 21 heavy (non-hydrogen) atoms. The van der Waals surface area contributed by atoms with E-state index in [1.807, 2.05) is 19.0 Å². The highest BCUT2D eigenvalue weighted by molar-refractivity contribution is 5.95. The Labute approximate surface area is 125 Å². The molecule has 1 aromatic rings. The number of anilines is 1. The molecular weight excluding hydrogens is 269 g/mol. The molecule has 0 spiro atoms. The Morgan fingerprint density at radius 2 is 1.95 bits per heavy atom. The first kappa shape index (κ1) is 15.8. The Morgan fingerprint density at radius 1 is 1.29 bits per heavy atom. The first-order chi connectivity index (χ1) is 9.99. The summed E-state index contributed by atoms with van der Waals surface area (Å²) in [5.74, 6) is -0.525. The maximum atomic E-state index is 13.3. The van der Waals surface area contributed by atoms with E-state index in [-0.39, 0.29) is 11.6 Å². The van der Waals surface area contributed by atoms with Crippen LogP contribution in [-0.2, 0) is 0 Å². The molecule has 0 bridgehead atoms. The lowest BCUT2D eigenvalue weighted by Crippen LogP contribution is -2.42. The number of carbonyl (C=O) groups is 1. The van der Waals surface area contributed by atoms with Crippen LogP contribution < -0.4 is 5.73 Å². The van der Waals surface area contributed by atoms with E-state index in [0.717, 1.165) is 19.4 Å². The average Bonchev–Trinajstić information content (AvgIpc) is 2.95. The van der Waals surface area contributed by atoms with Crippen molar-refractivity contribution in [3.8, 4) is 0 Å². The van der Waals surface area contributed by atoms with Crippen LogP contribution in [0.1, 0.15) is 36.0 Å². The van der Waals surface area contributed by atoms with Crippen molar-refractivity contribution in [3.63, 3.8) is 0 Å². The zero-order chi connectivity index (χ0) is 15.4. The van der Waals surface area contributed by atoms with E-state index in [1.54, 1.807) is 0 Å². The summed E-state index contributed by atoms with van der Waals surface area (Å²) in [5, 5.41) is 0. The molecule has 1 fully saturated rings. The lowest BCUT2D eigenvalue weighted by Gasteiger charge is -2.30. The number of carbonyl (C=O) groups excluding carboxylic acids is 1. The van der Waals surface area contributed by atoms with Gasteiger partial charge < -0.3 is 15.5 Å². The molecular formula is C16H24FN3O. The van der Waals surface area contributed by atoms with E-state index in [4.69, 9.17) is 5.73 Å². The molecule has 1 aliphatic carbocycles. The van der Waals surface area contributed by atoms with Gasteiger partial charge in [0, 0.05) is 24.7 Å². The van der Waals surface area contributed by atoms with Crippen LogP contribution in [0.2, 0.25) is 0 Å². The van der Waals surface area contributed by atoms with Crippen molar-refractivity contribution in [1.29, 1.82) is 0 Å². The van der Waals surface area contributed by atoms with E-state index in [0.29, 0.717) is 18.2 Å². The summed E-state index contributed by atoms with van der Waals surface area (Å²) >= 11 is 0. The molecule has 5 heteroatoms. The predicted octanol–water partition coefficient (Wildman–Crippen LogP) is 2.35. The molecule has 1 amide bonds. The van der Waals surface area contributed by atoms with E-state index >= 15 is 0 Å². The van der Waals surface area contributed by atoms with Crippen molar-refractivity contribution in [1.82, 2.24) is 9.80 Å². The van der Waals surface area contributed by atoms with Crippen LogP contribution in [0.5, 0.6) is 0 Å². The minimum atomic E-state index is -0.479. The molecule has 0 heterocycles. The van der Waals surface area contributed by atoms with Gasteiger partial charge in [-0.05, 0) is 45.1 Å². The van der Waals surface area contributed by atoms with Gasteiger partial charge in [-0.1, -0.05) is 12.8 Å². The SMILES string of the molecule is CN(C)CCN(C(=O)c1ccc(F)c(N)c1)C1CCCC1. The highest BCUT2D eigenvalue weighted by atomic mass is 19.1. The summed E-state index contributed by atoms with van der Waals surface area (Å²) in [6.45, 7) is 1.51. The zero-order valence-corrected chi connectivity index (χ0v) is 12.8. The predicted molar refractivity (Wildman–Crippen MR) is 82.7 cm³/mol. The number of benzene rings is 1. The molecule has 0 radical (unpaired) electrons. The maximum absolute atomic E-state index is 13.3. The molecule has 116 valence electrons. The molecule has 0 atom stereocenters. The highest BCUT2D eigenvalue weighted by Crippen LogP contribution is 2.25. The van der Waals surface area contributed by atoms with Crippen molar-refractivity contribution in [2.45, 2.75) is 31.7 Å². The Hall–Kier alpha value is -1.62. The average molecular weight is 293 g/mol. The van der Waals surface area contributed by atoms with E-state index in [1.165, 1.54) is 31.0 Å². The summed E-state index contributed by atoms with van der Waals surface area (Å²) < 4.78 is 13.3. The number of nitrogens with zero attached hydrogens (tertiary/aromatic N) is 2. The summed E-state index contributed by atoms with van der Waals surface area (Å²) in [5.41, 5.74) is 6.08. The minimum Gasteiger partial charge on any atom is -0.396 e. The van der Waals surface area contributed by atoms with Gasteiger partial charge in [0.1, 0.15) is 5.82 Å². The number of likely N-dealkylation sites (N-methyl/N-ethyl adjacent to an activating group) is 1. The summed E-state index contributed by atoms with van der Waals surface area (Å²) in [6.07, 6.45) is 4.44. The topological polar surface area (TPSA) is 49.6 Å². The maximum Gasteiger partial charge on any atom is 0.254 e. The minimum absolute atomic E-state index is 0.0276. The number of hydrogen-bond acceptors (Lipinski definition) is 3. The van der Waals surface area contributed by atoms with Crippen LogP contribution in [-0.4, -0.2) is 48.9 Å². The van der Waals surface area contributed by atoms with Crippen LogP contribution in [0, 0.1) is 5.82 Å². The Bertz CT molecular complexity index is 498. The third-order valence-corrected chi connectivity index (χ3v) is 4.06. The standard InChI is InChI=1S/C16H24FN3O/c1-19(2)9-10-20(13-5-3-4-6-13)16(21)12-7-8-14(17)15(18)11-12/h7-8,11,13H,3-6,9-10,18H2,1-2H3. The van der Waals surface area contributed by atoms with E-state index < -0.39 is 5.82 Å². The first-order valence-electron chi connectivity index (χ1n) is 7.50. The van der Waals surface area contributed by atoms with Crippen molar-refractivity contribution >= 4 is 11.6 Å². The van der Waals surface area contributed by atoms with Crippen LogP contribution in [0.15, 0.2) is 18.2 Å². The van der Waals surface area contributed by atoms with Gasteiger partial charge in [-0.25, -0.2) is 4.39 Å². The molecule has 2 N–H and O–H groups in total. The lowest BCUT2D eigenvalue weighted by molar-refractivity contribution is 0.0667. The van der Waals surface area contributed by atoms with E-state index in [2.05, 4.69) is 4.90 Å². The quantitative estimate of drug-likeness (QED) is 0.848. The van der Waals surface area contributed by atoms with E-state index in [9.17, 15) is 9.18 Å². The molecule has 1 saturated carbocycles. The second kappa shape index (κ2) is 6.89. The number of nitrogen functional groups attached to an aromatic ring is 1. The molecule has 0 aromatic heterocycles. The first-order valence-corrected chi connectivity index (χ1v) is 7.50. The number of halogens is 1. The monoisotopic (exact) mass is 293 g/mol. The molecule has 0 unspecified atom stereocenters. The highest BCUT2D eigenvalue weighted by Gasteiger charge is 2.27. The van der Waals surface area contributed by atoms with Crippen molar-refractivity contribution in [2.75, 3.05) is 32.9 Å². The molecule has 0 saturated heterocycles. The van der Waals surface area contributed by atoms with Crippen molar-refractivity contribution in [3.05, 3.63) is 29.6 Å². The summed E-state index contributed by atoms with van der Waals surface area (Å²) in [7, 11) is 3.99. The fraction of sp³-hybridized carbons (Fsp3) is 0.562. The molecule has 1 aromatic carbocycles. The fourth-order valence-electron chi connectivity index (χ4n) is 2.82. The molecule has 1 aliphatic rings. The Kier molecular flexibility index (Phi) is 5.17. The number of amides is 1. The summed E-state index contributed by atoms with van der Waals surface area (Å²) in [6, 6.07) is 4.52. The van der Waals surface area contributed by atoms with Gasteiger partial charge in [-0.15, -0.1) is 0 Å². The lowest BCUT2D eigenvalue weighted by atomic mass is 10.1. The smallest absolute Gasteiger partial charge is 0.254 e. The zero-order valence-electron chi connectivity index (χ0n) is 12.8. The van der Waals surface area contributed by atoms with Gasteiger partial charge in [-0.3, -0.25) is 4.79 Å². The van der Waals surface area contributed by atoms with Gasteiger partial charge in [0.05, 0.1) is 5.69 Å².